The third kappa shape index (κ3) is 2.58. The average molecular weight is 301 g/mol. The van der Waals surface area contributed by atoms with Gasteiger partial charge in [-0.05, 0) is 18.6 Å². The summed E-state index contributed by atoms with van der Waals surface area (Å²) in [5.74, 6) is 1.75. The standard InChI is InChI=1S/C17H19NO4/c1-21-14-6-4-12(16(9-14)22-2)10-18-15-8-13(19)5-3-11(15)7-17(18)20/h4,6,8-9,11H,3,5,7,10H2,1-2H3. The lowest BCUT2D eigenvalue weighted by molar-refractivity contribution is -0.127. The minimum absolute atomic E-state index is 0.0730. The first-order valence-corrected chi connectivity index (χ1v) is 7.38. The molecule has 1 saturated heterocycles. The molecule has 0 bridgehead atoms. The van der Waals surface area contributed by atoms with Crippen molar-refractivity contribution in [3.8, 4) is 11.5 Å². The van der Waals surface area contributed by atoms with Crippen LogP contribution in [0.4, 0.5) is 0 Å². The Morgan fingerprint density at radius 3 is 2.77 bits per heavy atom. The van der Waals surface area contributed by atoms with Crippen molar-refractivity contribution in [2.45, 2.75) is 25.8 Å². The van der Waals surface area contributed by atoms with Gasteiger partial charge < -0.3 is 14.4 Å². The summed E-state index contributed by atoms with van der Waals surface area (Å²) < 4.78 is 10.6. The Kier molecular flexibility index (Phi) is 3.88. The molecule has 22 heavy (non-hydrogen) atoms. The molecular formula is C17H19NO4. The Labute approximate surface area is 129 Å². The predicted molar refractivity (Wildman–Crippen MR) is 80.5 cm³/mol. The zero-order chi connectivity index (χ0) is 15.7. The van der Waals surface area contributed by atoms with E-state index in [0.717, 1.165) is 17.7 Å². The van der Waals surface area contributed by atoms with E-state index >= 15 is 0 Å². The molecule has 0 spiro atoms. The minimum atomic E-state index is 0.0730. The molecule has 1 aromatic carbocycles. The average Bonchev–Trinajstić information content (AvgIpc) is 2.83. The highest BCUT2D eigenvalue weighted by molar-refractivity contribution is 5.94. The molecule has 116 valence electrons. The second-order valence-corrected chi connectivity index (χ2v) is 5.63. The number of likely N-dealkylation sites (tertiary alicyclic amines) is 1. The number of carbonyl (C=O) groups excluding carboxylic acids is 2. The maximum Gasteiger partial charge on any atom is 0.227 e. The van der Waals surface area contributed by atoms with Crippen LogP contribution >= 0.6 is 0 Å². The van der Waals surface area contributed by atoms with Gasteiger partial charge in [-0.15, -0.1) is 0 Å². The first-order valence-electron chi connectivity index (χ1n) is 7.38. The number of fused-ring (bicyclic) bond motifs is 1. The Bertz CT molecular complexity index is 650. The van der Waals surface area contributed by atoms with E-state index in [0.29, 0.717) is 30.9 Å². The topological polar surface area (TPSA) is 55.8 Å². The summed E-state index contributed by atoms with van der Waals surface area (Å²) in [5, 5.41) is 0. The van der Waals surface area contributed by atoms with E-state index in [1.165, 1.54) is 0 Å². The quantitative estimate of drug-likeness (QED) is 0.856. The third-order valence-electron chi connectivity index (χ3n) is 4.32. The van der Waals surface area contributed by atoms with Gasteiger partial charge in [0.25, 0.3) is 0 Å². The van der Waals surface area contributed by atoms with Gasteiger partial charge in [0.15, 0.2) is 5.78 Å². The number of methoxy groups -OCH3 is 2. The van der Waals surface area contributed by atoms with Crippen LogP contribution in [-0.2, 0) is 16.1 Å². The summed E-state index contributed by atoms with van der Waals surface area (Å²) in [7, 11) is 3.19. The highest BCUT2D eigenvalue weighted by Gasteiger charge is 2.37. The molecular weight excluding hydrogens is 282 g/mol. The molecule has 5 heteroatoms. The molecule has 0 aromatic heterocycles. The van der Waals surface area contributed by atoms with Gasteiger partial charge in [0.05, 0.1) is 20.8 Å². The lowest BCUT2D eigenvalue weighted by Crippen LogP contribution is -2.25. The summed E-state index contributed by atoms with van der Waals surface area (Å²) >= 11 is 0. The maximum atomic E-state index is 12.3. The number of benzene rings is 1. The Balaban J connectivity index is 1.89. The predicted octanol–water partition coefficient (Wildman–Crippen LogP) is 2.30. The van der Waals surface area contributed by atoms with Crippen LogP contribution in [-0.4, -0.2) is 30.8 Å². The van der Waals surface area contributed by atoms with E-state index in [9.17, 15) is 9.59 Å². The van der Waals surface area contributed by atoms with Gasteiger partial charge in [-0.2, -0.15) is 0 Å². The monoisotopic (exact) mass is 301 g/mol. The lowest BCUT2D eigenvalue weighted by atomic mass is 9.92. The largest absolute Gasteiger partial charge is 0.497 e. The van der Waals surface area contributed by atoms with E-state index in [1.54, 1.807) is 31.3 Å². The molecule has 1 aliphatic heterocycles. The van der Waals surface area contributed by atoms with Crippen molar-refractivity contribution in [3.63, 3.8) is 0 Å². The Hall–Kier alpha value is -2.30. The Morgan fingerprint density at radius 2 is 2.05 bits per heavy atom. The van der Waals surface area contributed by atoms with Crippen molar-refractivity contribution in [1.82, 2.24) is 4.90 Å². The fourth-order valence-electron chi connectivity index (χ4n) is 3.12. The highest BCUT2D eigenvalue weighted by Crippen LogP contribution is 2.38. The number of carbonyl (C=O) groups is 2. The van der Waals surface area contributed by atoms with Crippen LogP contribution in [0.25, 0.3) is 0 Å². The zero-order valence-corrected chi connectivity index (χ0v) is 12.8. The molecule has 0 radical (unpaired) electrons. The van der Waals surface area contributed by atoms with E-state index in [1.807, 2.05) is 12.1 Å². The molecule has 1 atom stereocenters. The molecule has 1 aliphatic carbocycles. The lowest BCUT2D eigenvalue weighted by Gasteiger charge is -2.24. The number of amides is 1. The SMILES string of the molecule is COc1ccc(CN2C(=O)CC3CCC(=O)C=C32)c(OC)c1. The Morgan fingerprint density at radius 1 is 1.23 bits per heavy atom. The van der Waals surface area contributed by atoms with Crippen LogP contribution in [0, 0.1) is 5.92 Å². The minimum Gasteiger partial charge on any atom is -0.497 e. The summed E-state index contributed by atoms with van der Waals surface area (Å²) in [6.07, 6.45) is 3.44. The first-order chi connectivity index (χ1) is 10.6. The summed E-state index contributed by atoms with van der Waals surface area (Å²) in [6.45, 7) is 0.418. The smallest absolute Gasteiger partial charge is 0.227 e. The molecule has 5 nitrogen and oxygen atoms in total. The van der Waals surface area contributed by atoms with E-state index in [2.05, 4.69) is 0 Å². The van der Waals surface area contributed by atoms with Gasteiger partial charge in [-0.3, -0.25) is 9.59 Å². The van der Waals surface area contributed by atoms with Crippen molar-refractivity contribution in [3.05, 3.63) is 35.5 Å². The number of hydrogen-bond acceptors (Lipinski definition) is 4. The second-order valence-electron chi connectivity index (χ2n) is 5.63. The zero-order valence-electron chi connectivity index (χ0n) is 12.8. The van der Waals surface area contributed by atoms with Gasteiger partial charge in [0.1, 0.15) is 11.5 Å². The maximum absolute atomic E-state index is 12.3. The molecule has 0 N–H and O–H groups in total. The highest BCUT2D eigenvalue weighted by atomic mass is 16.5. The first kappa shape index (κ1) is 14.6. The molecule has 1 heterocycles. The molecule has 3 rings (SSSR count). The number of rotatable bonds is 4. The summed E-state index contributed by atoms with van der Waals surface area (Å²) in [4.78, 5) is 25.7. The third-order valence-corrected chi connectivity index (χ3v) is 4.32. The fraction of sp³-hybridized carbons (Fsp3) is 0.412. The van der Waals surface area contributed by atoms with Crippen LogP contribution in [0.2, 0.25) is 0 Å². The summed E-state index contributed by atoms with van der Waals surface area (Å²) in [6, 6.07) is 5.54. The van der Waals surface area contributed by atoms with Crippen LogP contribution in [0.1, 0.15) is 24.8 Å². The van der Waals surface area contributed by atoms with Gasteiger partial charge in [0.2, 0.25) is 5.91 Å². The molecule has 1 amide bonds. The van der Waals surface area contributed by atoms with Crippen LogP contribution in [0.15, 0.2) is 30.0 Å². The molecule has 1 aromatic rings. The molecule has 1 unspecified atom stereocenters. The molecule has 1 fully saturated rings. The van der Waals surface area contributed by atoms with Gasteiger partial charge in [-0.1, -0.05) is 0 Å². The van der Waals surface area contributed by atoms with Crippen molar-refractivity contribution in [1.29, 1.82) is 0 Å². The van der Waals surface area contributed by atoms with Crippen molar-refractivity contribution >= 4 is 11.7 Å². The van der Waals surface area contributed by atoms with Crippen LogP contribution in [0.5, 0.6) is 11.5 Å². The normalized spacial score (nSPS) is 20.7. The van der Waals surface area contributed by atoms with Crippen molar-refractivity contribution in [2.24, 2.45) is 5.92 Å². The number of allylic oxidation sites excluding steroid dienone is 2. The van der Waals surface area contributed by atoms with Gasteiger partial charge >= 0.3 is 0 Å². The van der Waals surface area contributed by atoms with Crippen LogP contribution < -0.4 is 9.47 Å². The van der Waals surface area contributed by atoms with E-state index in [4.69, 9.17) is 9.47 Å². The van der Waals surface area contributed by atoms with Gasteiger partial charge in [-0.25, -0.2) is 0 Å². The van der Waals surface area contributed by atoms with E-state index < -0.39 is 0 Å². The molecule has 2 aliphatic rings. The van der Waals surface area contributed by atoms with Crippen molar-refractivity contribution in [2.75, 3.05) is 14.2 Å². The van der Waals surface area contributed by atoms with Crippen LogP contribution in [0.3, 0.4) is 0 Å². The number of ketones is 1. The molecule has 0 saturated carbocycles. The van der Waals surface area contributed by atoms with E-state index in [-0.39, 0.29) is 17.6 Å². The number of nitrogens with zero attached hydrogens (tertiary/aromatic N) is 1. The number of ether oxygens (including phenoxy) is 2. The van der Waals surface area contributed by atoms with Crippen molar-refractivity contribution < 1.29 is 19.1 Å². The fourth-order valence-corrected chi connectivity index (χ4v) is 3.12. The summed E-state index contributed by atoms with van der Waals surface area (Å²) in [5.41, 5.74) is 1.76. The van der Waals surface area contributed by atoms with Gasteiger partial charge in [0, 0.05) is 42.2 Å². The number of hydrogen-bond donors (Lipinski definition) is 0. The second kappa shape index (κ2) is 5.83.